The molecular formula is C13H18N2O5. The maximum atomic E-state index is 12.2. The van der Waals surface area contributed by atoms with Gasteiger partial charge in [-0.15, -0.1) is 0 Å². The number of amides is 1. The second-order valence-corrected chi connectivity index (χ2v) is 4.01. The number of carbonyl (C=O) groups excluding carboxylic acids is 1. The van der Waals surface area contributed by atoms with E-state index in [1.54, 1.807) is 12.1 Å². The highest BCUT2D eigenvalue weighted by Gasteiger charge is 2.16. The molecule has 7 heteroatoms. The van der Waals surface area contributed by atoms with E-state index in [0.29, 0.717) is 5.56 Å². The van der Waals surface area contributed by atoms with Crippen molar-refractivity contribution in [1.82, 2.24) is 9.88 Å². The number of ether oxygens (including phenoxy) is 1. The normalized spacial score (nSPS) is 10.2. The second kappa shape index (κ2) is 9.00. The van der Waals surface area contributed by atoms with Gasteiger partial charge in [0, 0.05) is 31.0 Å². The Bertz CT molecular complexity index is 424. The van der Waals surface area contributed by atoms with Crippen molar-refractivity contribution in [1.29, 1.82) is 0 Å². The van der Waals surface area contributed by atoms with E-state index < -0.39 is 5.97 Å². The van der Waals surface area contributed by atoms with Crippen LogP contribution in [0.5, 0.6) is 0 Å². The minimum absolute atomic E-state index is 0.0899. The summed E-state index contributed by atoms with van der Waals surface area (Å²) in [6.07, 6.45) is 2.88. The Balaban J connectivity index is 2.60. The third-order valence-corrected chi connectivity index (χ3v) is 2.55. The maximum Gasteiger partial charge on any atom is 0.305 e. The quantitative estimate of drug-likeness (QED) is 0.619. The van der Waals surface area contributed by atoms with E-state index in [1.165, 1.54) is 17.3 Å². The molecule has 1 heterocycles. The van der Waals surface area contributed by atoms with Gasteiger partial charge in [-0.3, -0.25) is 14.6 Å². The minimum atomic E-state index is -0.964. The van der Waals surface area contributed by atoms with Crippen LogP contribution < -0.4 is 0 Å². The van der Waals surface area contributed by atoms with Gasteiger partial charge in [0.05, 0.1) is 26.2 Å². The molecule has 1 aromatic heterocycles. The highest BCUT2D eigenvalue weighted by atomic mass is 16.5. The van der Waals surface area contributed by atoms with Gasteiger partial charge in [-0.2, -0.15) is 0 Å². The minimum Gasteiger partial charge on any atom is -0.481 e. The number of carboxylic acids is 1. The number of carboxylic acid groups (broad SMARTS) is 1. The monoisotopic (exact) mass is 282 g/mol. The van der Waals surface area contributed by atoms with Crippen molar-refractivity contribution in [2.45, 2.75) is 6.42 Å². The summed E-state index contributed by atoms with van der Waals surface area (Å²) < 4.78 is 5.10. The molecular weight excluding hydrogens is 264 g/mol. The fraction of sp³-hybridized carbons (Fsp3) is 0.462. The number of carbonyl (C=O) groups is 2. The van der Waals surface area contributed by atoms with Crippen LogP contribution in [0.2, 0.25) is 0 Å². The Morgan fingerprint density at radius 3 is 2.50 bits per heavy atom. The number of aliphatic carboxylic acids is 1. The van der Waals surface area contributed by atoms with E-state index in [1.807, 2.05) is 0 Å². The van der Waals surface area contributed by atoms with Gasteiger partial charge in [-0.05, 0) is 12.1 Å². The molecule has 1 amide bonds. The lowest BCUT2D eigenvalue weighted by Crippen LogP contribution is -2.36. The van der Waals surface area contributed by atoms with Gasteiger partial charge in [-0.1, -0.05) is 0 Å². The molecule has 0 aliphatic heterocycles. The van der Waals surface area contributed by atoms with Crippen molar-refractivity contribution in [2.75, 3.05) is 32.9 Å². The third kappa shape index (κ3) is 5.77. The molecule has 1 rings (SSSR count). The Hall–Kier alpha value is -1.99. The molecule has 20 heavy (non-hydrogen) atoms. The average Bonchev–Trinajstić information content (AvgIpc) is 2.46. The summed E-state index contributed by atoms with van der Waals surface area (Å²) in [7, 11) is 0. The number of aromatic nitrogens is 1. The van der Waals surface area contributed by atoms with Crippen molar-refractivity contribution >= 4 is 11.9 Å². The molecule has 1 aromatic rings. The van der Waals surface area contributed by atoms with Crippen LogP contribution in [0.1, 0.15) is 16.8 Å². The molecule has 0 aliphatic carbocycles. The van der Waals surface area contributed by atoms with Crippen LogP contribution in [0.3, 0.4) is 0 Å². The first kappa shape index (κ1) is 16.1. The fourth-order valence-corrected chi connectivity index (χ4v) is 1.56. The van der Waals surface area contributed by atoms with Crippen LogP contribution in [0.15, 0.2) is 24.5 Å². The van der Waals surface area contributed by atoms with E-state index in [9.17, 15) is 9.59 Å². The first-order valence-corrected chi connectivity index (χ1v) is 6.25. The Kier molecular flexibility index (Phi) is 7.23. The molecule has 0 radical (unpaired) electrons. The lowest BCUT2D eigenvalue weighted by atomic mass is 10.2. The lowest BCUT2D eigenvalue weighted by Gasteiger charge is -2.22. The molecule has 0 fully saturated rings. The first-order valence-electron chi connectivity index (χ1n) is 6.25. The SMILES string of the molecule is O=C(O)CCN(CCOCCO)C(=O)c1ccncc1. The van der Waals surface area contributed by atoms with Gasteiger partial charge in [0.25, 0.3) is 5.91 Å². The molecule has 0 aromatic carbocycles. The molecule has 0 spiro atoms. The molecule has 110 valence electrons. The molecule has 0 atom stereocenters. The summed E-state index contributed by atoms with van der Waals surface area (Å²) in [5, 5.41) is 17.3. The van der Waals surface area contributed by atoms with Gasteiger partial charge in [0.2, 0.25) is 0 Å². The van der Waals surface area contributed by atoms with E-state index >= 15 is 0 Å². The summed E-state index contributed by atoms with van der Waals surface area (Å²) >= 11 is 0. The number of aliphatic hydroxyl groups is 1. The number of pyridine rings is 1. The predicted octanol–water partition coefficient (Wildman–Crippen LogP) is 0.00740. The fourth-order valence-electron chi connectivity index (χ4n) is 1.56. The van der Waals surface area contributed by atoms with Crippen LogP contribution in [0.25, 0.3) is 0 Å². The molecule has 0 aliphatic rings. The molecule has 0 saturated heterocycles. The lowest BCUT2D eigenvalue weighted by molar-refractivity contribution is -0.137. The summed E-state index contributed by atoms with van der Waals surface area (Å²) in [5.41, 5.74) is 0.451. The topological polar surface area (TPSA) is 100.0 Å². The standard InChI is InChI=1S/C13H18N2O5/c16-8-10-20-9-7-15(6-3-12(17)18)13(19)11-1-4-14-5-2-11/h1-2,4-5,16H,3,6-10H2,(H,17,18). The Morgan fingerprint density at radius 2 is 1.90 bits per heavy atom. The van der Waals surface area contributed by atoms with Crippen molar-refractivity contribution in [3.8, 4) is 0 Å². The van der Waals surface area contributed by atoms with Crippen molar-refractivity contribution in [3.05, 3.63) is 30.1 Å². The van der Waals surface area contributed by atoms with E-state index in [2.05, 4.69) is 4.98 Å². The zero-order valence-electron chi connectivity index (χ0n) is 11.1. The highest BCUT2D eigenvalue weighted by molar-refractivity contribution is 5.94. The number of nitrogens with zero attached hydrogens (tertiary/aromatic N) is 2. The zero-order valence-corrected chi connectivity index (χ0v) is 11.1. The predicted molar refractivity (Wildman–Crippen MR) is 70.3 cm³/mol. The molecule has 7 nitrogen and oxygen atoms in total. The summed E-state index contributed by atoms with van der Waals surface area (Å²) in [6.45, 7) is 0.730. The number of rotatable bonds is 9. The van der Waals surface area contributed by atoms with Gasteiger partial charge >= 0.3 is 5.97 Å². The van der Waals surface area contributed by atoms with Crippen LogP contribution in [0.4, 0.5) is 0 Å². The molecule has 2 N–H and O–H groups in total. The van der Waals surface area contributed by atoms with Crippen LogP contribution in [-0.4, -0.2) is 64.9 Å². The van der Waals surface area contributed by atoms with E-state index in [-0.39, 0.29) is 45.2 Å². The van der Waals surface area contributed by atoms with Gasteiger partial charge < -0.3 is 19.8 Å². The summed E-state index contributed by atoms with van der Waals surface area (Å²) in [4.78, 5) is 28.1. The Morgan fingerprint density at radius 1 is 1.20 bits per heavy atom. The highest BCUT2D eigenvalue weighted by Crippen LogP contribution is 2.04. The van der Waals surface area contributed by atoms with Gasteiger partial charge in [0.1, 0.15) is 0 Å². The zero-order chi connectivity index (χ0) is 14.8. The molecule has 0 saturated carbocycles. The van der Waals surface area contributed by atoms with E-state index in [4.69, 9.17) is 14.9 Å². The first-order chi connectivity index (χ1) is 9.65. The van der Waals surface area contributed by atoms with Gasteiger partial charge in [-0.25, -0.2) is 0 Å². The largest absolute Gasteiger partial charge is 0.481 e. The third-order valence-electron chi connectivity index (χ3n) is 2.55. The van der Waals surface area contributed by atoms with Crippen molar-refractivity contribution in [2.24, 2.45) is 0 Å². The molecule has 0 unspecified atom stereocenters. The molecule has 0 bridgehead atoms. The van der Waals surface area contributed by atoms with Crippen LogP contribution in [0, 0.1) is 0 Å². The van der Waals surface area contributed by atoms with Crippen molar-refractivity contribution in [3.63, 3.8) is 0 Å². The van der Waals surface area contributed by atoms with Gasteiger partial charge in [0.15, 0.2) is 0 Å². The number of hydrogen-bond donors (Lipinski definition) is 2. The maximum absolute atomic E-state index is 12.2. The van der Waals surface area contributed by atoms with Crippen molar-refractivity contribution < 1.29 is 24.5 Å². The number of hydrogen-bond acceptors (Lipinski definition) is 5. The van der Waals surface area contributed by atoms with Crippen LogP contribution in [-0.2, 0) is 9.53 Å². The summed E-state index contributed by atoms with van der Waals surface area (Å²) in [5.74, 6) is -1.23. The number of aliphatic hydroxyl groups excluding tert-OH is 1. The van der Waals surface area contributed by atoms with Crippen LogP contribution >= 0.6 is 0 Å². The average molecular weight is 282 g/mol. The Labute approximate surface area is 116 Å². The van der Waals surface area contributed by atoms with E-state index in [0.717, 1.165) is 0 Å². The second-order valence-electron chi connectivity index (χ2n) is 4.01. The summed E-state index contributed by atoms with van der Waals surface area (Å²) in [6, 6.07) is 3.15. The smallest absolute Gasteiger partial charge is 0.305 e.